The van der Waals surface area contributed by atoms with Crippen molar-refractivity contribution in [3.8, 4) is 0 Å². The first kappa shape index (κ1) is 14.7. The highest BCUT2D eigenvalue weighted by molar-refractivity contribution is 8.14. The lowest BCUT2D eigenvalue weighted by Gasteiger charge is -2.36. The normalized spacial score (nSPS) is 39.1. The number of aliphatic imine (C=N–C) groups is 1. The molecule has 0 aromatic carbocycles. The standard InChI is InChI=1S/C16H28N2OS/c1-12-4-3-7-16(10-12)11-20-15(18-16)17-13(2)14-5-8-19-9-6-14/h12-14H,3-11H2,1-2H3,(H,17,18). The quantitative estimate of drug-likeness (QED) is 0.847. The maximum atomic E-state index is 5.45. The molecule has 2 saturated heterocycles. The van der Waals surface area contributed by atoms with Gasteiger partial charge in [0, 0.05) is 24.5 Å². The van der Waals surface area contributed by atoms with Crippen molar-refractivity contribution in [2.24, 2.45) is 16.8 Å². The number of ether oxygens (including phenoxy) is 1. The molecule has 0 amide bonds. The van der Waals surface area contributed by atoms with Crippen LogP contribution >= 0.6 is 11.8 Å². The average molecular weight is 296 g/mol. The van der Waals surface area contributed by atoms with E-state index in [1.54, 1.807) is 0 Å². The molecule has 1 saturated carbocycles. The second-order valence-corrected chi connectivity index (χ2v) is 7.98. The molecule has 114 valence electrons. The molecule has 3 rings (SSSR count). The molecule has 3 atom stereocenters. The third-order valence-corrected chi connectivity index (χ3v) is 6.40. The second kappa shape index (κ2) is 6.27. The molecule has 2 aliphatic heterocycles. The Morgan fingerprint density at radius 1 is 1.35 bits per heavy atom. The van der Waals surface area contributed by atoms with Crippen molar-refractivity contribution in [1.29, 1.82) is 0 Å². The summed E-state index contributed by atoms with van der Waals surface area (Å²) in [5, 5.41) is 4.99. The van der Waals surface area contributed by atoms with Crippen molar-refractivity contribution in [2.45, 2.75) is 64.0 Å². The van der Waals surface area contributed by atoms with E-state index in [0.717, 1.165) is 19.1 Å². The molecule has 0 bridgehead atoms. The van der Waals surface area contributed by atoms with Crippen LogP contribution in [0, 0.1) is 11.8 Å². The van der Waals surface area contributed by atoms with E-state index >= 15 is 0 Å². The minimum absolute atomic E-state index is 0.358. The molecule has 3 nitrogen and oxygen atoms in total. The monoisotopic (exact) mass is 296 g/mol. The van der Waals surface area contributed by atoms with E-state index in [1.165, 1.54) is 49.4 Å². The first-order chi connectivity index (χ1) is 9.67. The van der Waals surface area contributed by atoms with Crippen LogP contribution in [0.4, 0.5) is 0 Å². The van der Waals surface area contributed by atoms with Crippen LogP contribution < -0.4 is 5.32 Å². The van der Waals surface area contributed by atoms with E-state index in [0.29, 0.717) is 17.5 Å². The summed E-state index contributed by atoms with van der Waals surface area (Å²) in [5.74, 6) is 2.79. The molecule has 1 N–H and O–H groups in total. The van der Waals surface area contributed by atoms with Crippen molar-refractivity contribution in [1.82, 2.24) is 5.32 Å². The minimum atomic E-state index is 0.358. The zero-order valence-electron chi connectivity index (χ0n) is 12.9. The zero-order chi connectivity index (χ0) is 14.0. The molecule has 3 unspecified atom stereocenters. The minimum Gasteiger partial charge on any atom is -0.381 e. The van der Waals surface area contributed by atoms with Crippen LogP contribution in [-0.4, -0.2) is 35.7 Å². The van der Waals surface area contributed by atoms with Crippen LogP contribution in [0.2, 0.25) is 0 Å². The highest BCUT2D eigenvalue weighted by Crippen LogP contribution is 2.39. The fraction of sp³-hybridized carbons (Fsp3) is 0.938. The number of hydrogen-bond donors (Lipinski definition) is 1. The van der Waals surface area contributed by atoms with Crippen molar-refractivity contribution >= 4 is 16.9 Å². The van der Waals surface area contributed by atoms with Gasteiger partial charge in [-0.25, -0.2) is 0 Å². The summed E-state index contributed by atoms with van der Waals surface area (Å²) in [4.78, 5) is 4.99. The summed E-state index contributed by atoms with van der Waals surface area (Å²) >= 11 is 1.95. The van der Waals surface area contributed by atoms with Gasteiger partial charge in [0.1, 0.15) is 0 Å². The zero-order valence-corrected chi connectivity index (χ0v) is 13.7. The summed E-state index contributed by atoms with van der Waals surface area (Å²) in [5.41, 5.74) is 0.358. The number of thioether (sulfide) groups is 1. The van der Waals surface area contributed by atoms with Gasteiger partial charge in [-0.1, -0.05) is 31.5 Å². The molecule has 0 aromatic rings. The molecule has 3 fully saturated rings. The van der Waals surface area contributed by atoms with E-state index in [-0.39, 0.29) is 0 Å². The van der Waals surface area contributed by atoms with Crippen LogP contribution in [0.5, 0.6) is 0 Å². The number of nitrogens with one attached hydrogen (secondary N) is 1. The first-order valence-corrected chi connectivity index (χ1v) is 9.22. The summed E-state index contributed by atoms with van der Waals surface area (Å²) in [6.07, 6.45) is 7.77. The lowest BCUT2D eigenvalue weighted by atomic mass is 9.78. The Balaban J connectivity index is 1.59. The molecular formula is C16H28N2OS. The van der Waals surface area contributed by atoms with Crippen molar-refractivity contribution in [3.63, 3.8) is 0 Å². The summed E-state index contributed by atoms with van der Waals surface area (Å²) in [6.45, 7) is 6.51. The van der Waals surface area contributed by atoms with Crippen molar-refractivity contribution in [3.05, 3.63) is 0 Å². The molecule has 4 heteroatoms. The summed E-state index contributed by atoms with van der Waals surface area (Å²) < 4.78 is 5.45. The predicted octanol–water partition coefficient (Wildman–Crippen LogP) is 3.44. The Hall–Kier alpha value is -0.220. The maximum Gasteiger partial charge on any atom is 0.157 e. The summed E-state index contributed by atoms with van der Waals surface area (Å²) in [7, 11) is 0. The van der Waals surface area contributed by atoms with Gasteiger partial charge in [-0.3, -0.25) is 4.99 Å². The third kappa shape index (κ3) is 3.33. The van der Waals surface area contributed by atoms with E-state index in [4.69, 9.17) is 9.73 Å². The summed E-state index contributed by atoms with van der Waals surface area (Å²) in [6, 6.07) is 0.435. The maximum absolute atomic E-state index is 5.45. The molecule has 1 aliphatic carbocycles. The van der Waals surface area contributed by atoms with Gasteiger partial charge in [-0.05, 0) is 44.4 Å². The van der Waals surface area contributed by atoms with Gasteiger partial charge >= 0.3 is 0 Å². The Morgan fingerprint density at radius 3 is 2.90 bits per heavy atom. The molecule has 0 aromatic heterocycles. The van der Waals surface area contributed by atoms with Crippen LogP contribution in [0.25, 0.3) is 0 Å². The highest BCUT2D eigenvalue weighted by Gasteiger charge is 2.40. The SMILES string of the molecule is CC1CCCC2(CSC(=NC(C)C3CCOCC3)N2)C1. The van der Waals surface area contributed by atoms with Gasteiger partial charge in [-0.2, -0.15) is 0 Å². The van der Waals surface area contributed by atoms with Gasteiger partial charge in [-0.15, -0.1) is 0 Å². The average Bonchev–Trinajstić information content (AvgIpc) is 2.82. The number of hydrogen-bond acceptors (Lipinski definition) is 3. The van der Waals surface area contributed by atoms with E-state index in [9.17, 15) is 0 Å². The van der Waals surface area contributed by atoms with Crippen LogP contribution in [0.1, 0.15) is 52.4 Å². The lowest BCUT2D eigenvalue weighted by Crippen LogP contribution is -2.47. The highest BCUT2D eigenvalue weighted by atomic mass is 32.2. The Bertz CT molecular complexity index is 367. The molecular weight excluding hydrogens is 268 g/mol. The van der Waals surface area contributed by atoms with Crippen molar-refractivity contribution in [2.75, 3.05) is 19.0 Å². The van der Waals surface area contributed by atoms with Crippen LogP contribution in [-0.2, 0) is 4.74 Å². The number of rotatable bonds is 2. The number of nitrogens with zero attached hydrogens (tertiary/aromatic N) is 1. The van der Waals surface area contributed by atoms with Gasteiger partial charge in [0.25, 0.3) is 0 Å². The van der Waals surface area contributed by atoms with Gasteiger partial charge < -0.3 is 10.1 Å². The molecule has 3 aliphatic rings. The van der Waals surface area contributed by atoms with Gasteiger partial charge in [0.15, 0.2) is 5.17 Å². The Labute approximate surface area is 127 Å². The molecule has 1 spiro atoms. The van der Waals surface area contributed by atoms with Gasteiger partial charge in [0.05, 0.1) is 6.04 Å². The fourth-order valence-corrected chi connectivity index (χ4v) is 5.25. The van der Waals surface area contributed by atoms with Crippen molar-refractivity contribution < 1.29 is 4.74 Å². The number of amidine groups is 1. The van der Waals surface area contributed by atoms with E-state index < -0.39 is 0 Å². The third-order valence-electron chi connectivity index (χ3n) is 5.22. The Morgan fingerprint density at radius 2 is 2.15 bits per heavy atom. The van der Waals surface area contributed by atoms with Crippen LogP contribution in [0.3, 0.4) is 0 Å². The second-order valence-electron chi connectivity index (χ2n) is 7.02. The topological polar surface area (TPSA) is 33.6 Å². The van der Waals surface area contributed by atoms with E-state index in [2.05, 4.69) is 19.2 Å². The predicted molar refractivity (Wildman–Crippen MR) is 86.4 cm³/mol. The Kier molecular flexibility index (Phi) is 4.61. The smallest absolute Gasteiger partial charge is 0.157 e. The lowest BCUT2D eigenvalue weighted by molar-refractivity contribution is 0.0605. The fourth-order valence-electron chi connectivity index (χ4n) is 3.97. The first-order valence-electron chi connectivity index (χ1n) is 8.23. The van der Waals surface area contributed by atoms with Gasteiger partial charge in [0.2, 0.25) is 0 Å². The van der Waals surface area contributed by atoms with E-state index in [1.807, 2.05) is 11.8 Å². The molecule has 20 heavy (non-hydrogen) atoms. The van der Waals surface area contributed by atoms with Crippen LogP contribution in [0.15, 0.2) is 4.99 Å². The largest absolute Gasteiger partial charge is 0.381 e. The molecule has 0 radical (unpaired) electrons. The molecule has 2 heterocycles.